The molecule has 0 saturated heterocycles. The Kier molecular flexibility index (Phi) is 7.71. The van der Waals surface area contributed by atoms with Crippen molar-refractivity contribution in [1.82, 2.24) is 0 Å². The van der Waals surface area contributed by atoms with Crippen molar-refractivity contribution in [3.05, 3.63) is 35.9 Å². The molecule has 0 amide bonds. The summed E-state index contributed by atoms with van der Waals surface area (Å²) in [7, 11) is 0. The van der Waals surface area contributed by atoms with Crippen molar-refractivity contribution in [2.45, 2.75) is 52.1 Å². The molecule has 1 atom stereocenters. The van der Waals surface area contributed by atoms with Gasteiger partial charge in [0, 0.05) is 0 Å². The van der Waals surface area contributed by atoms with E-state index in [4.69, 9.17) is 9.47 Å². The topological polar surface area (TPSA) is 35.5 Å². The van der Waals surface area contributed by atoms with Crippen molar-refractivity contribution in [3.8, 4) is 0 Å². The van der Waals surface area contributed by atoms with Gasteiger partial charge in [0.2, 0.25) is 0 Å². The fourth-order valence-corrected chi connectivity index (χ4v) is 1.99. The third-order valence-electron chi connectivity index (χ3n) is 2.99. The number of carbonyl (C=O) groups is 1. The standard InChI is InChI=1S/C16H24O3/c1-3-5-6-10-13-15(19-16(17)18-4-2)14-11-8-7-9-12-14/h7-9,11-12,15H,3-6,10,13H2,1-2H3. The molecule has 0 N–H and O–H groups in total. The molecule has 3 heteroatoms. The Labute approximate surface area is 115 Å². The normalized spacial score (nSPS) is 11.9. The van der Waals surface area contributed by atoms with E-state index in [1.54, 1.807) is 6.92 Å². The zero-order valence-corrected chi connectivity index (χ0v) is 11.9. The summed E-state index contributed by atoms with van der Waals surface area (Å²) >= 11 is 0. The van der Waals surface area contributed by atoms with Crippen LogP contribution < -0.4 is 0 Å². The van der Waals surface area contributed by atoms with Crippen LogP contribution in [-0.4, -0.2) is 12.8 Å². The first-order chi connectivity index (χ1) is 9.27. The third kappa shape index (κ3) is 6.27. The molecular weight excluding hydrogens is 240 g/mol. The lowest BCUT2D eigenvalue weighted by molar-refractivity contribution is 0.0218. The molecule has 0 aromatic heterocycles. The number of carbonyl (C=O) groups excluding carboxylic acids is 1. The first kappa shape index (κ1) is 15.5. The maximum absolute atomic E-state index is 11.5. The van der Waals surface area contributed by atoms with Gasteiger partial charge in [0.05, 0.1) is 6.61 Å². The maximum atomic E-state index is 11.5. The Bertz CT molecular complexity index is 348. The smallest absolute Gasteiger partial charge is 0.435 e. The van der Waals surface area contributed by atoms with Crippen LogP contribution in [0, 0.1) is 0 Å². The average Bonchev–Trinajstić information content (AvgIpc) is 2.43. The molecule has 0 heterocycles. The Morgan fingerprint density at radius 2 is 1.84 bits per heavy atom. The predicted octanol–water partition coefficient (Wildman–Crippen LogP) is 4.87. The molecule has 0 saturated carbocycles. The first-order valence-electron chi connectivity index (χ1n) is 7.16. The van der Waals surface area contributed by atoms with Crippen LogP contribution in [0.25, 0.3) is 0 Å². The van der Waals surface area contributed by atoms with E-state index in [0.29, 0.717) is 6.61 Å². The molecule has 0 aliphatic heterocycles. The quantitative estimate of drug-likeness (QED) is 0.496. The Morgan fingerprint density at radius 3 is 2.47 bits per heavy atom. The molecule has 1 unspecified atom stereocenters. The van der Waals surface area contributed by atoms with Gasteiger partial charge in [0.25, 0.3) is 0 Å². The summed E-state index contributed by atoms with van der Waals surface area (Å²) in [5, 5.41) is 0. The molecule has 0 radical (unpaired) electrons. The molecule has 0 aliphatic carbocycles. The summed E-state index contributed by atoms with van der Waals surface area (Å²) in [5.74, 6) is 0. The Hall–Kier alpha value is -1.51. The average molecular weight is 264 g/mol. The lowest BCUT2D eigenvalue weighted by atomic mass is 10.0. The van der Waals surface area contributed by atoms with Gasteiger partial charge in [-0.3, -0.25) is 0 Å². The molecular formula is C16H24O3. The van der Waals surface area contributed by atoms with Crippen LogP contribution in [0.2, 0.25) is 0 Å². The molecule has 106 valence electrons. The number of ether oxygens (including phenoxy) is 2. The van der Waals surface area contributed by atoms with Gasteiger partial charge in [0.1, 0.15) is 6.10 Å². The van der Waals surface area contributed by atoms with Crippen molar-refractivity contribution in [3.63, 3.8) is 0 Å². The van der Waals surface area contributed by atoms with E-state index in [0.717, 1.165) is 18.4 Å². The van der Waals surface area contributed by atoms with Crippen molar-refractivity contribution in [2.24, 2.45) is 0 Å². The van der Waals surface area contributed by atoms with Gasteiger partial charge >= 0.3 is 6.16 Å². The van der Waals surface area contributed by atoms with Crippen LogP contribution in [0.3, 0.4) is 0 Å². The lowest BCUT2D eigenvalue weighted by Crippen LogP contribution is -2.13. The second-order valence-corrected chi connectivity index (χ2v) is 4.55. The van der Waals surface area contributed by atoms with Crippen LogP contribution in [0.5, 0.6) is 0 Å². The van der Waals surface area contributed by atoms with E-state index in [2.05, 4.69) is 6.92 Å². The minimum absolute atomic E-state index is 0.197. The zero-order chi connectivity index (χ0) is 13.9. The van der Waals surface area contributed by atoms with Crippen LogP contribution in [0.1, 0.15) is 57.6 Å². The summed E-state index contributed by atoms with van der Waals surface area (Å²) in [4.78, 5) is 11.5. The van der Waals surface area contributed by atoms with Crippen molar-refractivity contribution in [1.29, 1.82) is 0 Å². The van der Waals surface area contributed by atoms with Gasteiger partial charge in [-0.2, -0.15) is 0 Å². The van der Waals surface area contributed by atoms with Crippen molar-refractivity contribution in [2.75, 3.05) is 6.61 Å². The molecule has 1 rings (SSSR count). The lowest BCUT2D eigenvalue weighted by Gasteiger charge is -2.17. The van der Waals surface area contributed by atoms with Gasteiger partial charge in [-0.25, -0.2) is 4.79 Å². The van der Waals surface area contributed by atoms with Gasteiger partial charge < -0.3 is 9.47 Å². The first-order valence-corrected chi connectivity index (χ1v) is 7.16. The van der Waals surface area contributed by atoms with E-state index < -0.39 is 6.16 Å². The van der Waals surface area contributed by atoms with E-state index >= 15 is 0 Å². The van der Waals surface area contributed by atoms with Crippen LogP contribution in [0.4, 0.5) is 4.79 Å². The van der Waals surface area contributed by atoms with Gasteiger partial charge in [0.15, 0.2) is 0 Å². The number of unbranched alkanes of at least 4 members (excludes halogenated alkanes) is 3. The Balaban J connectivity index is 2.55. The number of benzene rings is 1. The zero-order valence-electron chi connectivity index (χ0n) is 11.9. The second-order valence-electron chi connectivity index (χ2n) is 4.55. The molecule has 0 spiro atoms. The highest BCUT2D eigenvalue weighted by Crippen LogP contribution is 2.24. The van der Waals surface area contributed by atoms with E-state index in [1.165, 1.54) is 19.3 Å². The third-order valence-corrected chi connectivity index (χ3v) is 2.99. The summed E-state index contributed by atoms with van der Waals surface area (Å²) in [6, 6.07) is 9.86. The number of hydrogen-bond donors (Lipinski definition) is 0. The molecule has 1 aromatic rings. The predicted molar refractivity (Wildman–Crippen MR) is 76.0 cm³/mol. The fourth-order valence-electron chi connectivity index (χ4n) is 1.99. The molecule has 0 bridgehead atoms. The minimum atomic E-state index is -0.577. The van der Waals surface area contributed by atoms with Crippen molar-refractivity contribution < 1.29 is 14.3 Å². The van der Waals surface area contributed by atoms with Crippen LogP contribution in [-0.2, 0) is 9.47 Å². The van der Waals surface area contributed by atoms with Crippen LogP contribution in [0.15, 0.2) is 30.3 Å². The highest BCUT2D eigenvalue weighted by Gasteiger charge is 2.16. The van der Waals surface area contributed by atoms with Gasteiger partial charge in [-0.05, 0) is 25.3 Å². The summed E-state index contributed by atoms with van der Waals surface area (Å²) in [6.07, 6.45) is 4.74. The number of hydrogen-bond acceptors (Lipinski definition) is 3. The highest BCUT2D eigenvalue weighted by molar-refractivity contribution is 5.60. The van der Waals surface area contributed by atoms with Gasteiger partial charge in [-0.15, -0.1) is 0 Å². The minimum Gasteiger partial charge on any atom is -0.435 e. The molecule has 0 fully saturated rings. The number of rotatable bonds is 8. The summed E-state index contributed by atoms with van der Waals surface area (Å²) in [6.45, 7) is 4.31. The Morgan fingerprint density at radius 1 is 1.11 bits per heavy atom. The highest BCUT2D eigenvalue weighted by atomic mass is 16.7. The van der Waals surface area contributed by atoms with E-state index in [1.807, 2.05) is 30.3 Å². The van der Waals surface area contributed by atoms with Crippen LogP contribution >= 0.6 is 0 Å². The largest absolute Gasteiger partial charge is 0.508 e. The molecule has 3 nitrogen and oxygen atoms in total. The van der Waals surface area contributed by atoms with Crippen molar-refractivity contribution >= 4 is 6.16 Å². The van der Waals surface area contributed by atoms with E-state index in [9.17, 15) is 4.79 Å². The second kappa shape index (κ2) is 9.42. The maximum Gasteiger partial charge on any atom is 0.508 e. The summed E-state index contributed by atoms with van der Waals surface area (Å²) in [5.41, 5.74) is 1.03. The van der Waals surface area contributed by atoms with E-state index in [-0.39, 0.29) is 6.10 Å². The molecule has 1 aromatic carbocycles. The molecule has 0 aliphatic rings. The molecule has 19 heavy (non-hydrogen) atoms. The SMILES string of the molecule is CCCCCCC(OC(=O)OCC)c1ccccc1. The summed E-state index contributed by atoms with van der Waals surface area (Å²) < 4.78 is 10.3. The van der Waals surface area contributed by atoms with Gasteiger partial charge in [-0.1, -0.05) is 56.5 Å². The fraction of sp³-hybridized carbons (Fsp3) is 0.562. The monoisotopic (exact) mass is 264 g/mol.